The zero-order valence-electron chi connectivity index (χ0n) is 15.8. The number of carbonyl (C=O) groups excluding carboxylic acids is 1. The number of aromatic nitrogens is 2. The average molecular weight is 412 g/mol. The number of hydrogen-bond donors (Lipinski definition) is 1. The summed E-state index contributed by atoms with van der Waals surface area (Å²) in [5, 5.41) is 0. The summed E-state index contributed by atoms with van der Waals surface area (Å²) in [6.45, 7) is 2.80. The highest BCUT2D eigenvalue weighted by molar-refractivity contribution is 7.92. The molecule has 0 saturated carbocycles. The number of rotatable bonds is 5. The van der Waals surface area contributed by atoms with Crippen molar-refractivity contribution in [2.45, 2.75) is 31.2 Å². The Morgan fingerprint density at radius 3 is 2.90 bits per heavy atom. The lowest BCUT2D eigenvalue weighted by atomic mass is 9.99. The molecule has 1 amide bonds. The summed E-state index contributed by atoms with van der Waals surface area (Å²) < 4.78 is 33.1. The molecule has 3 heterocycles. The summed E-state index contributed by atoms with van der Waals surface area (Å²) in [4.78, 5) is 22.6. The van der Waals surface area contributed by atoms with Crippen molar-refractivity contribution in [3.63, 3.8) is 0 Å². The molecule has 0 fully saturated rings. The van der Waals surface area contributed by atoms with E-state index in [9.17, 15) is 13.2 Å². The largest absolute Gasteiger partial charge is 0.448 e. The summed E-state index contributed by atoms with van der Waals surface area (Å²) >= 11 is 0. The Hall–Kier alpha value is -3.20. The number of aryl methyl sites for hydroxylation is 1. The van der Waals surface area contributed by atoms with Gasteiger partial charge in [-0.05, 0) is 41.8 Å². The molecule has 3 aromatic rings. The van der Waals surface area contributed by atoms with Gasteiger partial charge in [0.25, 0.3) is 15.9 Å². The number of pyridine rings is 1. The first kappa shape index (κ1) is 19.1. The molecule has 2 aromatic heterocycles. The molecule has 1 N–H and O–H groups in total. The van der Waals surface area contributed by atoms with Crippen LogP contribution in [0.4, 0.5) is 5.69 Å². The second-order valence-corrected chi connectivity index (χ2v) is 8.41. The number of fused-ring (bicyclic) bond motifs is 1. The Bertz CT molecular complexity index is 1140. The Labute approximate surface area is 168 Å². The molecule has 29 heavy (non-hydrogen) atoms. The van der Waals surface area contributed by atoms with Crippen LogP contribution in [0.25, 0.3) is 0 Å². The van der Waals surface area contributed by atoms with Crippen LogP contribution in [-0.2, 0) is 29.4 Å². The van der Waals surface area contributed by atoms with E-state index in [0.29, 0.717) is 43.1 Å². The van der Waals surface area contributed by atoms with Gasteiger partial charge in [-0.15, -0.1) is 0 Å². The summed E-state index contributed by atoms with van der Waals surface area (Å²) in [5.41, 5.74) is 2.59. The van der Waals surface area contributed by atoms with E-state index in [1.54, 1.807) is 41.4 Å². The number of sulfonamides is 1. The lowest BCUT2D eigenvalue weighted by molar-refractivity contribution is 0.0727. The number of oxazole rings is 1. The number of nitrogens with zero attached hydrogens (tertiary/aromatic N) is 3. The predicted molar refractivity (Wildman–Crippen MR) is 106 cm³/mol. The molecule has 0 atom stereocenters. The third kappa shape index (κ3) is 3.86. The molecule has 0 bridgehead atoms. The molecular formula is C20H20N4O4S. The fraction of sp³-hybridized carbons (Fsp3) is 0.250. The van der Waals surface area contributed by atoms with Crippen molar-refractivity contribution in [1.82, 2.24) is 14.9 Å². The van der Waals surface area contributed by atoms with Crippen LogP contribution in [0.1, 0.15) is 34.3 Å². The van der Waals surface area contributed by atoms with E-state index in [-0.39, 0.29) is 10.8 Å². The van der Waals surface area contributed by atoms with Crippen molar-refractivity contribution in [2.75, 3.05) is 11.3 Å². The number of nitrogens with one attached hydrogen (secondary N) is 1. The fourth-order valence-electron chi connectivity index (χ4n) is 3.35. The predicted octanol–water partition coefficient (Wildman–Crippen LogP) is 2.63. The maximum atomic E-state index is 12.8. The van der Waals surface area contributed by atoms with Crippen molar-refractivity contribution in [1.29, 1.82) is 0 Å². The van der Waals surface area contributed by atoms with Crippen molar-refractivity contribution >= 4 is 21.6 Å². The minimum absolute atomic E-state index is 0.170. The van der Waals surface area contributed by atoms with Gasteiger partial charge in [-0.2, -0.15) is 0 Å². The molecule has 4 rings (SSSR count). The van der Waals surface area contributed by atoms with Crippen LogP contribution >= 0.6 is 0 Å². The second kappa shape index (κ2) is 7.67. The van der Waals surface area contributed by atoms with Crippen LogP contribution in [0, 0.1) is 0 Å². The molecule has 8 nitrogen and oxygen atoms in total. The van der Waals surface area contributed by atoms with E-state index >= 15 is 0 Å². The fourth-order valence-corrected chi connectivity index (χ4v) is 4.45. The number of amides is 1. The Kier molecular flexibility index (Phi) is 5.06. The highest BCUT2D eigenvalue weighted by Crippen LogP contribution is 2.25. The van der Waals surface area contributed by atoms with Gasteiger partial charge in [-0.25, -0.2) is 13.4 Å². The Morgan fingerprint density at radius 1 is 1.28 bits per heavy atom. The summed E-state index contributed by atoms with van der Waals surface area (Å²) in [6.07, 6.45) is 5.48. The van der Waals surface area contributed by atoms with E-state index in [0.717, 1.165) is 11.1 Å². The van der Waals surface area contributed by atoms with E-state index in [1.807, 2.05) is 6.92 Å². The van der Waals surface area contributed by atoms with E-state index in [2.05, 4.69) is 14.7 Å². The standard InChI is InChI=1S/C20H20N4O4S/c1-2-18-19(22-13-28-18)20(25)24-9-7-14-10-17(6-5-15(14)12-24)29(26,27)23-16-4-3-8-21-11-16/h3-6,8,10-11,13,23H,2,7,9,12H2,1H3. The maximum Gasteiger partial charge on any atom is 0.276 e. The molecule has 9 heteroatoms. The van der Waals surface area contributed by atoms with Gasteiger partial charge >= 0.3 is 0 Å². The lowest BCUT2D eigenvalue weighted by Crippen LogP contribution is -2.36. The number of anilines is 1. The normalized spacial score (nSPS) is 13.8. The minimum atomic E-state index is -3.71. The van der Waals surface area contributed by atoms with E-state index < -0.39 is 10.0 Å². The summed E-state index contributed by atoms with van der Waals surface area (Å²) in [6, 6.07) is 8.29. The van der Waals surface area contributed by atoms with E-state index in [4.69, 9.17) is 4.42 Å². The molecular weight excluding hydrogens is 392 g/mol. The highest BCUT2D eigenvalue weighted by Gasteiger charge is 2.27. The number of hydrogen-bond acceptors (Lipinski definition) is 6. The number of benzene rings is 1. The van der Waals surface area contributed by atoms with Crippen LogP contribution < -0.4 is 4.72 Å². The monoisotopic (exact) mass is 412 g/mol. The first-order valence-electron chi connectivity index (χ1n) is 9.24. The van der Waals surface area contributed by atoms with Crippen LogP contribution in [0.2, 0.25) is 0 Å². The second-order valence-electron chi connectivity index (χ2n) is 6.73. The van der Waals surface area contributed by atoms with Gasteiger partial charge in [0, 0.05) is 25.7 Å². The van der Waals surface area contributed by atoms with Gasteiger partial charge < -0.3 is 9.32 Å². The lowest BCUT2D eigenvalue weighted by Gasteiger charge is -2.28. The number of carbonyl (C=O) groups is 1. The topological polar surface area (TPSA) is 105 Å². The molecule has 1 aromatic carbocycles. The highest BCUT2D eigenvalue weighted by atomic mass is 32.2. The quantitative estimate of drug-likeness (QED) is 0.691. The minimum Gasteiger partial charge on any atom is -0.448 e. The molecule has 1 aliphatic heterocycles. The van der Waals surface area contributed by atoms with Crippen molar-refractivity contribution < 1.29 is 17.6 Å². The molecule has 150 valence electrons. The molecule has 1 aliphatic rings. The van der Waals surface area contributed by atoms with Gasteiger partial charge in [0.1, 0.15) is 5.76 Å². The molecule has 0 spiro atoms. The van der Waals surface area contributed by atoms with Gasteiger partial charge in [0.15, 0.2) is 12.1 Å². The maximum absolute atomic E-state index is 12.8. The van der Waals surface area contributed by atoms with Crippen LogP contribution in [0.5, 0.6) is 0 Å². The molecule has 0 unspecified atom stereocenters. The SMILES string of the molecule is CCc1ocnc1C(=O)N1CCc2cc(S(=O)(=O)Nc3cccnc3)ccc2C1. The molecule has 0 radical (unpaired) electrons. The third-order valence-electron chi connectivity index (χ3n) is 4.87. The van der Waals surface area contributed by atoms with Crippen LogP contribution in [0.3, 0.4) is 0 Å². The first-order valence-corrected chi connectivity index (χ1v) is 10.7. The Morgan fingerprint density at radius 2 is 2.14 bits per heavy atom. The summed E-state index contributed by atoms with van der Waals surface area (Å²) in [7, 11) is -3.71. The van der Waals surface area contributed by atoms with Crippen molar-refractivity contribution in [3.8, 4) is 0 Å². The van der Waals surface area contributed by atoms with Crippen LogP contribution in [0.15, 0.2) is 58.4 Å². The van der Waals surface area contributed by atoms with Gasteiger partial charge in [0.2, 0.25) is 0 Å². The zero-order chi connectivity index (χ0) is 20.4. The van der Waals surface area contributed by atoms with Gasteiger partial charge in [0.05, 0.1) is 16.8 Å². The summed E-state index contributed by atoms with van der Waals surface area (Å²) in [5.74, 6) is 0.403. The smallest absolute Gasteiger partial charge is 0.276 e. The van der Waals surface area contributed by atoms with Gasteiger partial charge in [-0.3, -0.25) is 14.5 Å². The van der Waals surface area contributed by atoms with Crippen LogP contribution in [-0.4, -0.2) is 35.7 Å². The van der Waals surface area contributed by atoms with E-state index in [1.165, 1.54) is 12.6 Å². The first-order chi connectivity index (χ1) is 14.0. The van der Waals surface area contributed by atoms with Crippen molar-refractivity contribution in [3.05, 3.63) is 71.7 Å². The molecule has 0 aliphatic carbocycles. The third-order valence-corrected chi connectivity index (χ3v) is 6.24. The van der Waals surface area contributed by atoms with Gasteiger partial charge in [-0.1, -0.05) is 13.0 Å². The van der Waals surface area contributed by atoms with Crippen molar-refractivity contribution in [2.24, 2.45) is 0 Å². The molecule has 0 saturated heterocycles. The zero-order valence-corrected chi connectivity index (χ0v) is 16.6. The average Bonchev–Trinajstić information content (AvgIpc) is 3.21. The Balaban J connectivity index is 1.53.